The zero-order chi connectivity index (χ0) is 28.8. The molecule has 210 valence electrons. The third-order valence-corrected chi connectivity index (χ3v) is 7.18. The Hall–Kier alpha value is -4.85. The van der Waals surface area contributed by atoms with Gasteiger partial charge in [-0.25, -0.2) is 4.99 Å². The van der Waals surface area contributed by atoms with E-state index in [9.17, 15) is 10.1 Å². The Labute approximate surface area is 240 Å². The molecule has 8 heteroatoms. The summed E-state index contributed by atoms with van der Waals surface area (Å²) in [4.78, 5) is 15.3. The molecule has 0 fully saturated rings. The molecule has 3 aromatic carbocycles. The highest BCUT2D eigenvalue weighted by atomic mass is 16.6. The maximum atomic E-state index is 11.1. The number of nitro groups is 1. The van der Waals surface area contributed by atoms with Gasteiger partial charge in [0.15, 0.2) is 0 Å². The van der Waals surface area contributed by atoms with Crippen LogP contribution < -0.4 is 20.1 Å². The minimum Gasteiger partial charge on any atom is -0.497 e. The summed E-state index contributed by atoms with van der Waals surface area (Å²) in [5.41, 5.74) is 4.26. The molecule has 8 nitrogen and oxygen atoms in total. The lowest BCUT2D eigenvalue weighted by Crippen LogP contribution is -2.32. The Bertz CT molecular complexity index is 1520. The molecule has 1 heterocycles. The number of nitrogens with zero attached hydrogens (tertiary/aromatic N) is 2. The number of aliphatic imine (C=N–C) groups is 1. The van der Waals surface area contributed by atoms with Crippen LogP contribution in [0.1, 0.15) is 38.7 Å². The van der Waals surface area contributed by atoms with Crippen LogP contribution in [-0.2, 0) is 0 Å². The molecule has 0 aromatic heterocycles. The standard InChI is InChI=1S/C33H34N4O4/c1-23-5-4-6-24(21-23)17-19-33(2)20-18-25-22-28(11-16-31(25)41-33)36-32(35-27-9-14-30(40-3)15-10-27)34-26-7-12-29(13-8-26)37(38)39/h4-16,18,20,22-23H,17,19,21H2,1-3H3,(H2,34,35,36). The second kappa shape index (κ2) is 12.1. The third-order valence-electron chi connectivity index (χ3n) is 7.18. The number of fused-ring (bicyclic) bond motifs is 1. The molecule has 0 amide bonds. The summed E-state index contributed by atoms with van der Waals surface area (Å²) in [6.45, 7) is 4.38. The number of hydrogen-bond acceptors (Lipinski definition) is 5. The van der Waals surface area contributed by atoms with E-state index in [0.717, 1.165) is 47.7 Å². The first-order chi connectivity index (χ1) is 19.8. The van der Waals surface area contributed by atoms with Crippen molar-refractivity contribution < 1.29 is 14.4 Å². The van der Waals surface area contributed by atoms with Gasteiger partial charge in [-0.2, -0.15) is 0 Å². The van der Waals surface area contributed by atoms with Crippen LogP contribution in [0.15, 0.2) is 102 Å². The largest absolute Gasteiger partial charge is 0.497 e. The molecule has 2 atom stereocenters. The Morgan fingerprint density at radius 1 is 1.10 bits per heavy atom. The van der Waals surface area contributed by atoms with E-state index in [4.69, 9.17) is 9.47 Å². The predicted octanol–water partition coefficient (Wildman–Crippen LogP) is 8.28. The molecule has 1 aliphatic heterocycles. The number of nitrogens with one attached hydrogen (secondary N) is 2. The molecule has 2 unspecified atom stereocenters. The van der Waals surface area contributed by atoms with Crippen LogP contribution in [0.25, 0.3) is 6.08 Å². The van der Waals surface area contributed by atoms with Crippen molar-refractivity contribution in [1.82, 2.24) is 0 Å². The lowest BCUT2D eigenvalue weighted by Gasteiger charge is -2.32. The monoisotopic (exact) mass is 550 g/mol. The summed E-state index contributed by atoms with van der Waals surface area (Å²) in [6.07, 6.45) is 13.9. The second-order valence-electron chi connectivity index (χ2n) is 10.6. The first kappa shape index (κ1) is 27.7. The molecule has 41 heavy (non-hydrogen) atoms. The van der Waals surface area contributed by atoms with Gasteiger partial charge in [0.2, 0.25) is 5.96 Å². The first-order valence-corrected chi connectivity index (χ1v) is 13.7. The van der Waals surface area contributed by atoms with Crippen LogP contribution in [-0.4, -0.2) is 23.6 Å². The van der Waals surface area contributed by atoms with Crippen molar-refractivity contribution in [1.29, 1.82) is 0 Å². The molecule has 0 saturated carbocycles. The van der Waals surface area contributed by atoms with Crippen LogP contribution in [0, 0.1) is 16.0 Å². The van der Waals surface area contributed by atoms with Gasteiger partial charge in [-0.3, -0.25) is 10.1 Å². The van der Waals surface area contributed by atoms with E-state index in [1.54, 1.807) is 19.2 Å². The molecule has 5 rings (SSSR count). The molecule has 0 radical (unpaired) electrons. The van der Waals surface area contributed by atoms with Gasteiger partial charge in [0, 0.05) is 29.1 Å². The maximum absolute atomic E-state index is 11.1. The van der Waals surface area contributed by atoms with Crippen molar-refractivity contribution in [3.05, 3.63) is 112 Å². The van der Waals surface area contributed by atoms with Gasteiger partial charge >= 0.3 is 0 Å². The lowest BCUT2D eigenvalue weighted by molar-refractivity contribution is -0.384. The molecular formula is C33H34N4O4. The number of ether oxygens (including phenoxy) is 2. The topological polar surface area (TPSA) is 98.0 Å². The fourth-order valence-corrected chi connectivity index (χ4v) is 4.87. The van der Waals surface area contributed by atoms with E-state index in [1.165, 1.54) is 17.7 Å². The Morgan fingerprint density at radius 2 is 1.83 bits per heavy atom. The van der Waals surface area contributed by atoms with Crippen molar-refractivity contribution >= 4 is 34.8 Å². The summed E-state index contributed by atoms with van der Waals surface area (Å²) in [6, 6.07) is 19.5. The lowest BCUT2D eigenvalue weighted by atomic mass is 9.88. The van der Waals surface area contributed by atoms with Crippen molar-refractivity contribution in [3.63, 3.8) is 0 Å². The van der Waals surface area contributed by atoms with Crippen LogP contribution in [0.3, 0.4) is 0 Å². The summed E-state index contributed by atoms with van der Waals surface area (Å²) in [7, 11) is 1.62. The quantitative estimate of drug-likeness (QED) is 0.127. The van der Waals surface area contributed by atoms with Gasteiger partial charge in [-0.15, -0.1) is 0 Å². The van der Waals surface area contributed by atoms with Crippen molar-refractivity contribution in [3.8, 4) is 11.5 Å². The van der Waals surface area contributed by atoms with E-state index in [0.29, 0.717) is 17.6 Å². The van der Waals surface area contributed by atoms with Crippen molar-refractivity contribution in [2.45, 2.75) is 38.7 Å². The number of methoxy groups -OCH3 is 1. The van der Waals surface area contributed by atoms with Gasteiger partial charge < -0.3 is 20.1 Å². The summed E-state index contributed by atoms with van der Waals surface area (Å²) in [5, 5.41) is 17.7. The van der Waals surface area contributed by atoms with E-state index in [-0.39, 0.29) is 11.3 Å². The third kappa shape index (κ3) is 7.22. The first-order valence-electron chi connectivity index (χ1n) is 13.7. The van der Waals surface area contributed by atoms with Crippen molar-refractivity contribution in [2.75, 3.05) is 17.7 Å². The van der Waals surface area contributed by atoms with E-state index in [2.05, 4.69) is 59.9 Å². The molecular weight excluding hydrogens is 516 g/mol. The number of nitro benzene ring substituents is 1. The molecule has 2 N–H and O–H groups in total. The minimum atomic E-state index is -0.430. The van der Waals surface area contributed by atoms with Gasteiger partial charge in [0.25, 0.3) is 5.69 Å². The van der Waals surface area contributed by atoms with E-state index >= 15 is 0 Å². The molecule has 2 aliphatic rings. The van der Waals surface area contributed by atoms with Crippen LogP contribution >= 0.6 is 0 Å². The Morgan fingerprint density at radius 3 is 2.54 bits per heavy atom. The molecule has 0 spiro atoms. The fourth-order valence-electron chi connectivity index (χ4n) is 4.87. The van der Waals surface area contributed by atoms with Gasteiger partial charge in [-0.05, 0) is 92.8 Å². The number of anilines is 2. The number of rotatable bonds is 8. The zero-order valence-electron chi connectivity index (χ0n) is 23.5. The summed E-state index contributed by atoms with van der Waals surface area (Å²) in [5.74, 6) is 2.62. The SMILES string of the molecule is COc1ccc(NC(=Nc2ccc([N+](=O)[O-])cc2)Nc2ccc3c(c2)C=CC(C)(CCC2=CC=CC(C)C2)O3)cc1. The number of benzene rings is 3. The molecule has 1 aliphatic carbocycles. The normalized spacial score (nSPS) is 19.5. The smallest absolute Gasteiger partial charge is 0.269 e. The second-order valence-corrected chi connectivity index (χ2v) is 10.6. The number of non-ortho nitro benzene ring substituents is 1. The van der Waals surface area contributed by atoms with Crippen LogP contribution in [0.2, 0.25) is 0 Å². The van der Waals surface area contributed by atoms with E-state index in [1.807, 2.05) is 42.5 Å². The number of guanidine groups is 1. The average Bonchev–Trinajstić information content (AvgIpc) is 2.97. The average molecular weight is 551 g/mol. The molecule has 0 saturated heterocycles. The molecule has 3 aromatic rings. The highest BCUT2D eigenvalue weighted by Crippen LogP contribution is 2.36. The Kier molecular flexibility index (Phi) is 8.19. The highest BCUT2D eigenvalue weighted by Gasteiger charge is 2.28. The summed E-state index contributed by atoms with van der Waals surface area (Å²) >= 11 is 0. The highest BCUT2D eigenvalue weighted by molar-refractivity contribution is 6.05. The molecule has 0 bridgehead atoms. The number of hydrogen-bond donors (Lipinski definition) is 2. The van der Waals surface area contributed by atoms with Crippen LogP contribution in [0.4, 0.5) is 22.7 Å². The van der Waals surface area contributed by atoms with Gasteiger partial charge in [0.05, 0.1) is 17.7 Å². The fraction of sp³-hybridized carbons (Fsp3) is 0.242. The summed E-state index contributed by atoms with van der Waals surface area (Å²) < 4.78 is 11.7. The van der Waals surface area contributed by atoms with Gasteiger partial charge in [0.1, 0.15) is 17.1 Å². The minimum absolute atomic E-state index is 0.0110. The predicted molar refractivity (Wildman–Crippen MR) is 165 cm³/mol. The Balaban J connectivity index is 1.33. The van der Waals surface area contributed by atoms with E-state index < -0.39 is 4.92 Å². The zero-order valence-corrected chi connectivity index (χ0v) is 23.5. The van der Waals surface area contributed by atoms with Crippen LogP contribution in [0.5, 0.6) is 11.5 Å². The number of allylic oxidation sites excluding steroid dienone is 4. The van der Waals surface area contributed by atoms with Crippen molar-refractivity contribution in [2.24, 2.45) is 10.9 Å². The maximum Gasteiger partial charge on any atom is 0.269 e. The van der Waals surface area contributed by atoms with Gasteiger partial charge in [-0.1, -0.05) is 36.8 Å².